The number of hydrogen-bond donors (Lipinski definition) is 1. The van der Waals surface area contributed by atoms with Gasteiger partial charge in [0.15, 0.2) is 0 Å². The summed E-state index contributed by atoms with van der Waals surface area (Å²) in [5, 5.41) is 10.1. The number of esters is 1. The van der Waals surface area contributed by atoms with E-state index in [2.05, 4.69) is 0 Å². The molecular weight excluding hydrogens is 220 g/mol. The first kappa shape index (κ1) is 11.5. The highest BCUT2D eigenvalue weighted by Gasteiger charge is 2.07. The highest BCUT2D eigenvalue weighted by molar-refractivity contribution is 5.79. The third kappa shape index (κ3) is 2.78. The zero-order chi connectivity index (χ0) is 12.3. The Morgan fingerprint density at radius 2 is 2.24 bits per heavy atom. The normalized spacial score (nSPS) is 10.6. The molecule has 0 saturated carbocycles. The topological polar surface area (TPSA) is 59.7 Å². The minimum absolute atomic E-state index is 0.204. The quantitative estimate of drug-likeness (QED) is 0.826. The second-order valence-electron chi connectivity index (χ2n) is 3.74. The largest absolute Gasteiger partial charge is 0.508 e. The van der Waals surface area contributed by atoms with Gasteiger partial charge in [-0.3, -0.25) is 4.79 Å². The summed E-state index contributed by atoms with van der Waals surface area (Å²) in [7, 11) is 0. The van der Waals surface area contributed by atoms with E-state index in [1.165, 1.54) is 0 Å². The zero-order valence-corrected chi connectivity index (χ0v) is 9.60. The number of aryl methyl sites for hydroxylation is 1. The van der Waals surface area contributed by atoms with Crippen molar-refractivity contribution in [3.63, 3.8) is 0 Å². The summed E-state index contributed by atoms with van der Waals surface area (Å²) in [6, 6.07) is 6.74. The maximum atomic E-state index is 11.2. The van der Waals surface area contributed by atoms with Crippen LogP contribution < -0.4 is 0 Å². The Labute approximate surface area is 98.8 Å². The van der Waals surface area contributed by atoms with Crippen LogP contribution in [-0.4, -0.2) is 17.7 Å². The van der Waals surface area contributed by atoms with E-state index >= 15 is 0 Å². The number of hydrogen-bond acceptors (Lipinski definition) is 4. The first-order valence-corrected chi connectivity index (χ1v) is 5.56. The summed E-state index contributed by atoms with van der Waals surface area (Å²) < 4.78 is 10.4. The number of carbonyl (C=O) groups excluding carboxylic acids is 1. The van der Waals surface area contributed by atoms with Crippen molar-refractivity contribution in [3.05, 3.63) is 30.0 Å². The number of benzene rings is 1. The molecule has 0 spiro atoms. The Morgan fingerprint density at radius 3 is 3.00 bits per heavy atom. The zero-order valence-electron chi connectivity index (χ0n) is 9.60. The van der Waals surface area contributed by atoms with Gasteiger partial charge in [-0.25, -0.2) is 0 Å². The predicted octanol–water partition coefficient (Wildman–Crippen LogP) is 2.63. The fraction of sp³-hybridized carbons (Fsp3) is 0.308. The van der Waals surface area contributed by atoms with Crippen molar-refractivity contribution in [2.24, 2.45) is 0 Å². The number of ether oxygens (including phenoxy) is 1. The number of fused-ring (bicyclic) bond motifs is 1. The molecule has 2 aromatic rings. The van der Waals surface area contributed by atoms with Crippen molar-refractivity contribution in [1.29, 1.82) is 0 Å². The molecule has 1 aromatic heterocycles. The molecule has 0 saturated heterocycles. The molecule has 0 atom stereocenters. The van der Waals surface area contributed by atoms with Crippen molar-refractivity contribution in [2.45, 2.75) is 19.8 Å². The van der Waals surface area contributed by atoms with Crippen molar-refractivity contribution >= 4 is 16.9 Å². The molecule has 0 bridgehead atoms. The molecule has 0 aliphatic heterocycles. The average Bonchev–Trinajstić information content (AvgIpc) is 2.68. The smallest absolute Gasteiger partial charge is 0.306 e. The van der Waals surface area contributed by atoms with Gasteiger partial charge < -0.3 is 14.3 Å². The lowest BCUT2D eigenvalue weighted by molar-refractivity contribution is -0.143. The number of rotatable bonds is 4. The fourth-order valence-electron chi connectivity index (χ4n) is 1.67. The number of aromatic hydroxyl groups is 1. The monoisotopic (exact) mass is 234 g/mol. The molecule has 90 valence electrons. The molecule has 0 aliphatic carbocycles. The van der Waals surface area contributed by atoms with Gasteiger partial charge in [0.1, 0.15) is 17.1 Å². The van der Waals surface area contributed by atoms with Gasteiger partial charge in [0.2, 0.25) is 0 Å². The lowest BCUT2D eigenvalue weighted by Gasteiger charge is -1.98. The number of furan rings is 1. The van der Waals surface area contributed by atoms with Crippen LogP contribution >= 0.6 is 0 Å². The van der Waals surface area contributed by atoms with Crippen LogP contribution in [0.15, 0.2) is 28.7 Å². The Bertz CT molecular complexity index is 527. The van der Waals surface area contributed by atoms with Crippen LogP contribution in [0.4, 0.5) is 0 Å². The van der Waals surface area contributed by atoms with Gasteiger partial charge in [0, 0.05) is 11.8 Å². The van der Waals surface area contributed by atoms with Crippen molar-refractivity contribution in [1.82, 2.24) is 0 Å². The van der Waals surface area contributed by atoms with Crippen LogP contribution in [0, 0.1) is 0 Å². The molecule has 0 fully saturated rings. The highest BCUT2D eigenvalue weighted by Crippen LogP contribution is 2.24. The van der Waals surface area contributed by atoms with Gasteiger partial charge >= 0.3 is 5.97 Å². The first-order valence-electron chi connectivity index (χ1n) is 5.56. The number of phenols is 1. The molecule has 4 nitrogen and oxygen atoms in total. The second-order valence-corrected chi connectivity index (χ2v) is 3.74. The first-order chi connectivity index (χ1) is 8.19. The highest BCUT2D eigenvalue weighted by atomic mass is 16.5. The van der Waals surface area contributed by atoms with E-state index in [4.69, 9.17) is 9.15 Å². The third-order valence-electron chi connectivity index (χ3n) is 2.43. The van der Waals surface area contributed by atoms with Gasteiger partial charge in [-0.2, -0.15) is 0 Å². The van der Waals surface area contributed by atoms with Crippen molar-refractivity contribution in [2.75, 3.05) is 6.61 Å². The second kappa shape index (κ2) is 4.91. The summed E-state index contributed by atoms with van der Waals surface area (Å²) in [5.74, 6) is 0.699. The van der Waals surface area contributed by atoms with Crippen molar-refractivity contribution < 1.29 is 19.1 Å². The molecule has 1 aromatic carbocycles. The molecule has 4 heteroatoms. The lowest BCUT2D eigenvalue weighted by Crippen LogP contribution is -2.04. The number of phenolic OH excluding ortho intramolecular Hbond substituents is 1. The Balaban J connectivity index is 2.07. The summed E-state index contributed by atoms with van der Waals surface area (Å²) in [4.78, 5) is 11.2. The third-order valence-corrected chi connectivity index (χ3v) is 2.43. The molecule has 0 aliphatic rings. The standard InChI is InChI=1S/C13H14O4/c1-2-16-13(15)6-4-11-8-9-7-10(14)3-5-12(9)17-11/h3,5,7-8,14H,2,4,6H2,1H3. The van der Waals surface area contributed by atoms with Crippen LogP contribution in [0.1, 0.15) is 19.1 Å². The van der Waals surface area contributed by atoms with E-state index < -0.39 is 0 Å². The Hall–Kier alpha value is -1.97. The Morgan fingerprint density at radius 1 is 1.41 bits per heavy atom. The predicted molar refractivity (Wildman–Crippen MR) is 62.8 cm³/mol. The average molecular weight is 234 g/mol. The minimum atomic E-state index is -0.226. The van der Waals surface area contributed by atoms with E-state index in [0.717, 1.165) is 11.1 Å². The maximum absolute atomic E-state index is 11.2. The summed E-state index contributed by atoms with van der Waals surface area (Å²) in [5.41, 5.74) is 0.710. The molecular formula is C13H14O4. The lowest BCUT2D eigenvalue weighted by atomic mass is 10.2. The molecule has 2 rings (SSSR count). The van der Waals surface area contributed by atoms with Crippen LogP contribution in [0.2, 0.25) is 0 Å². The van der Waals surface area contributed by atoms with Gasteiger partial charge in [0.25, 0.3) is 0 Å². The van der Waals surface area contributed by atoms with Gasteiger partial charge in [0.05, 0.1) is 13.0 Å². The van der Waals surface area contributed by atoms with E-state index in [1.807, 2.05) is 6.07 Å². The summed E-state index contributed by atoms with van der Waals surface area (Å²) in [6.07, 6.45) is 0.813. The maximum Gasteiger partial charge on any atom is 0.306 e. The molecule has 0 unspecified atom stereocenters. The van der Waals surface area contributed by atoms with E-state index in [-0.39, 0.29) is 11.7 Å². The fourth-order valence-corrected chi connectivity index (χ4v) is 1.67. The van der Waals surface area contributed by atoms with Crippen LogP contribution in [0.25, 0.3) is 11.0 Å². The summed E-state index contributed by atoms with van der Waals surface area (Å²) >= 11 is 0. The number of carbonyl (C=O) groups is 1. The van der Waals surface area contributed by atoms with Gasteiger partial charge in [-0.15, -0.1) is 0 Å². The van der Waals surface area contributed by atoms with Gasteiger partial charge in [-0.05, 0) is 31.2 Å². The molecule has 1 N–H and O–H groups in total. The van der Waals surface area contributed by atoms with Crippen LogP contribution in [0.3, 0.4) is 0 Å². The molecule has 17 heavy (non-hydrogen) atoms. The van der Waals surface area contributed by atoms with Crippen molar-refractivity contribution in [3.8, 4) is 5.75 Å². The molecule has 0 radical (unpaired) electrons. The van der Waals surface area contributed by atoms with Gasteiger partial charge in [-0.1, -0.05) is 0 Å². The van der Waals surface area contributed by atoms with E-state index in [0.29, 0.717) is 25.0 Å². The van der Waals surface area contributed by atoms with Crippen LogP contribution in [-0.2, 0) is 16.0 Å². The molecule has 1 heterocycles. The SMILES string of the molecule is CCOC(=O)CCc1cc2cc(O)ccc2o1. The molecule has 0 amide bonds. The van der Waals surface area contributed by atoms with E-state index in [9.17, 15) is 9.90 Å². The minimum Gasteiger partial charge on any atom is -0.508 e. The summed E-state index contributed by atoms with van der Waals surface area (Å²) in [6.45, 7) is 2.18. The van der Waals surface area contributed by atoms with Crippen LogP contribution in [0.5, 0.6) is 5.75 Å². The van der Waals surface area contributed by atoms with E-state index in [1.54, 1.807) is 25.1 Å². The Kier molecular flexibility index (Phi) is 3.32.